The van der Waals surface area contributed by atoms with Crippen LogP contribution in [0, 0.1) is 0 Å². The quantitative estimate of drug-likeness (QED) is 0.620. The zero-order valence-electron chi connectivity index (χ0n) is 8.13. The molecule has 0 spiro atoms. The van der Waals surface area contributed by atoms with Crippen LogP contribution < -0.4 is 0 Å². The largest absolute Gasteiger partial charge is 0.388 e. The Bertz CT molecular complexity index is 198. The van der Waals surface area contributed by atoms with E-state index in [0.29, 0.717) is 6.61 Å². The molecule has 2 rings (SSSR count). The van der Waals surface area contributed by atoms with Gasteiger partial charge in [-0.05, 0) is 6.42 Å². The monoisotopic (exact) mass is 204 g/mol. The summed E-state index contributed by atoms with van der Waals surface area (Å²) in [7, 11) is 0. The van der Waals surface area contributed by atoms with E-state index in [1.807, 2.05) is 6.92 Å². The van der Waals surface area contributed by atoms with Gasteiger partial charge in [0.15, 0.2) is 6.29 Å². The predicted octanol–water partition coefficient (Wildman–Crippen LogP) is -0.742. The van der Waals surface area contributed by atoms with Crippen molar-refractivity contribution in [1.29, 1.82) is 0 Å². The Labute approximate surface area is 82.6 Å². The van der Waals surface area contributed by atoms with E-state index >= 15 is 0 Å². The zero-order chi connectivity index (χ0) is 10.1. The van der Waals surface area contributed by atoms with Gasteiger partial charge < -0.3 is 24.4 Å². The molecule has 0 aliphatic carbocycles. The fraction of sp³-hybridized carbons (Fsp3) is 1.00. The van der Waals surface area contributed by atoms with Crippen molar-refractivity contribution < 1.29 is 24.4 Å². The van der Waals surface area contributed by atoms with E-state index in [1.54, 1.807) is 0 Å². The molecule has 0 saturated carbocycles. The van der Waals surface area contributed by atoms with Gasteiger partial charge in [-0.25, -0.2) is 0 Å². The van der Waals surface area contributed by atoms with Crippen molar-refractivity contribution in [3.05, 3.63) is 0 Å². The van der Waals surface area contributed by atoms with Crippen molar-refractivity contribution in [2.75, 3.05) is 13.2 Å². The molecule has 2 aliphatic heterocycles. The minimum Gasteiger partial charge on any atom is -0.388 e. The van der Waals surface area contributed by atoms with Crippen LogP contribution >= 0.6 is 0 Å². The fourth-order valence-corrected chi connectivity index (χ4v) is 1.82. The van der Waals surface area contributed by atoms with Gasteiger partial charge in [0.1, 0.15) is 24.4 Å². The number of hydrogen-bond donors (Lipinski definition) is 2. The average Bonchev–Trinajstić information content (AvgIpc) is 2.75. The average molecular weight is 204 g/mol. The summed E-state index contributed by atoms with van der Waals surface area (Å²) in [5, 5.41) is 18.8. The molecule has 82 valence electrons. The van der Waals surface area contributed by atoms with Crippen LogP contribution in [0.4, 0.5) is 0 Å². The van der Waals surface area contributed by atoms with E-state index in [2.05, 4.69) is 0 Å². The minimum atomic E-state index is -0.862. The van der Waals surface area contributed by atoms with Crippen LogP contribution in [0.1, 0.15) is 13.3 Å². The van der Waals surface area contributed by atoms with Crippen molar-refractivity contribution in [3.8, 4) is 0 Å². The van der Waals surface area contributed by atoms with Crippen LogP contribution in [0.3, 0.4) is 0 Å². The summed E-state index contributed by atoms with van der Waals surface area (Å²) >= 11 is 0. The third kappa shape index (κ3) is 1.78. The third-order valence-corrected chi connectivity index (χ3v) is 2.66. The van der Waals surface area contributed by atoms with Crippen LogP contribution in [0.5, 0.6) is 0 Å². The summed E-state index contributed by atoms with van der Waals surface area (Å²) in [5.74, 6) is 0. The lowest BCUT2D eigenvalue weighted by Crippen LogP contribution is -2.39. The lowest BCUT2D eigenvalue weighted by Gasteiger charge is -2.20. The smallest absolute Gasteiger partial charge is 0.158 e. The second kappa shape index (κ2) is 4.12. The van der Waals surface area contributed by atoms with Crippen LogP contribution in [-0.4, -0.2) is 54.1 Å². The van der Waals surface area contributed by atoms with Gasteiger partial charge in [0.05, 0.1) is 13.2 Å². The van der Waals surface area contributed by atoms with Gasteiger partial charge >= 0.3 is 0 Å². The molecule has 0 aromatic carbocycles. The van der Waals surface area contributed by atoms with Crippen molar-refractivity contribution in [2.24, 2.45) is 0 Å². The highest BCUT2D eigenvalue weighted by Gasteiger charge is 2.43. The molecule has 14 heavy (non-hydrogen) atoms. The Morgan fingerprint density at radius 1 is 1.21 bits per heavy atom. The van der Waals surface area contributed by atoms with Crippen LogP contribution in [-0.2, 0) is 14.2 Å². The lowest BCUT2D eigenvalue weighted by molar-refractivity contribution is -0.100. The highest BCUT2D eigenvalue weighted by atomic mass is 16.7. The van der Waals surface area contributed by atoms with Crippen LogP contribution in [0.15, 0.2) is 0 Å². The summed E-state index contributed by atoms with van der Waals surface area (Å²) in [6, 6.07) is 0. The molecule has 2 heterocycles. The van der Waals surface area contributed by atoms with Crippen molar-refractivity contribution in [2.45, 2.75) is 44.1 Å². The van der Waals surface area contributed by atoms with Crippen LogP contribution in [0.25, 0.3) is 0 Å². The number of ether oxygens (including phenoxy) is 3. The standard InChI is InChI=1S/C9H16O5/c1-2-7-12-4-6(14-7)9-8(11)5(10)3-13-9/h5-11H,2-4H2,1H3/t5?,6?,7?,8-,9-/m1/s1. The van der Waals surface area contributed by atoms with Crippen molar-refractivity contribution in [3.63, 3.8) is 0 Å². The summed E-state index contributed by atoms with van der Waals surface area (Å²) in [5.41, 5.74) is 0. The molecule has 0 amide bonds. The molecule has 5 nitrogen and oxygen atoms in total. The summed E-state index contributed by atoms with van der Waals surface area (Å²) in [4.78, 5) is 0. The molecule has 0 radical (unpaired) electrons. The first-order chi connectivity index (χ1) is 6.72. The van der Waals surface area contributed by atoms with E-state index in [9.17, 15) is 10.2 Å². The number of hydrogen-bond acceptors (Lipinski definition) is 5. The maximum Gasteiger partial charge on any atom is 0.158 e. The van der Waals surface area contributed by atoms with E-state index < -0.39 is 18.3 Å². The Morgan fingerprint density at radius 2 is 2.00 bits per heavy atom. The summed E-state index contributed by atoms with van der Waals surface area (Å²) < 4.78 is 16.1. The van der Waals surface area contributed by atoms with E-state index in [4.69, 9.17) is 14.2 Å². The van der Waals surface area contributed by atoms with Gasteiger partial charge in [-0.3, -0.25) is 0 Å². The maximum atomic E-state index is 9.57. The predicted molar refractivity (Wildman–Crippen MR) is 46.7 cm³/mol. The molecular formula is C9H16O5. The molecule has 2 aliphatic rings. The van der Waals surface area contributed by atoms with Crippen molar-refractivity contribution in [1.82, 2.24) is 0 Å². The first kappa shape index (κ1) is 10.3. The fourth-order valence-electron chi connectivity index (χ4n) is 1.82. The molecular weight excluding hydrogens is 188 g/mol. The Kier molecular flexibility index (Phi) is 3.04. The molecule has 0 aromatic heterocycles. The number of rotatable bonds is 2. The first-order valence-electron chi connectivity index (χ1n) is 4.97. The molecule has 3 unspecified atom stereocenters. The SMILES string of the molecule is CCC1OCC([C@H]2OCC(O)[C@H]2O)O1. The Morgan fingerprint density at radius 3 is 2.50 bits per heavy atom. The lowest BCUT2D eigenvalue weighted by atomic mass is 10.1. The molecule has 2 fully saturated rings. The van der Waals surface area contributed by atoms with Gasteiger partial charge in [-0.1, -0.05) is 6.92 Å². The topological polar surface area (TPSA) is 68.2 Å². The van der Waals surface area contributed by atoms with Crippen molar-refractivity contribution >= 4 is 0 Å². The molecule has 5 atom stereocenters. The van der Waals surface area contributed by atoms with Gasteiger partial charge in [-0.2, -0.15) is 0 Å². The summed E-state index contributed by atoms with van der Waals surface area (Å²) in [6.45, 7) is 2.56. The van der Waals surface area contributed by atoms with E-state index in [-0.39, 0.29) is 19.0 Å². The first-order valence-corrected chi connectivity index (χ1v) is 4.97. The molecule has 2 N–H and O–H groups in total. The molecule has 5 heteroatoms. The van der Waals surface area contributed by atoms with Gasteiger partial charge in [0.2, 0.25) is 0 Å². The minimum absolute atomic E-state index is 0.169. The zero-order valence-corrected chi connectivity index (χ0v) is 8.13. The molecule has 0 bridgehead atoms. The van der Waals surface area contributed by atoms with Gasteiger partial charge in [0, 0.05) is 0 Å². The van der Waals surface area contributed by atoms with E-state index in [0.717, 1.165) is 6.42 Å². The number of aliphatic hydroxyl groups is 2. The molecule has 0 aromatic rings. The second-order valence-electron chi connectivity index (χ2n) is 3.70. The summed E-state index contributed by atoms with van der Waals surface area (Å²) in [6.07, 6.45) is -1.80. The molecule has 2 saturated heterocycles. The van der Waals surface area contributed by atoms with E-state index in [1.165, 1.54) is 0 Å². The highest BCUT2D eigenvalue weighted by Crippen LogP contribution is 2.25. The Hall–Kier alpha value is -0.200. The normalized spacial score (nSPS) is 48.6. The van der Waals surface area contributed by atoms with Gasteiger partial charge in [0.25, 0.3) is 0 Å². The maximum absolute atomic E-state index is 9.57. The second-order valence-corrected chi connectivity index (χ2v) is 3.70. The number of aliphatic hydroxyl groups excluding tert-OH is 2. The highest BCUT2D eigenvalue weighted by molar-refractivity contribution is 4.90. The Balaban J connectivity index is 1.90. The van der Waals surface area contributed by atoms with Crippen LogP contribution in [0.2, 0.25) is 0 Å². The van der Waals surface area contributed by atoms with Gasteiger partial charge in [-0.15, -0.1) is 0 Å². The third-order valence-electron chi connectivity index (χ3n) is 2.66.